The van der Waals surface area contributed by atoms with Gasteiger partial charge in [0.25, 0.3) is 5.91 Å². The average molecular weight is 266 g/mol. The van der Waals surface area contributed by atoms with E-state index in [1.807, 2.05) is 30.3 Å². The Hall–Kier alpha value is -1.32. The SMILES string of the molecule is CN(Cc1ccccc1)C(=O)c1ccc(Cl)s1. The normalized spacial score (nSPS) is 10.2. The molecular formula is C13H12ClNOS. The van der Waals surface area contributed by atoms with Crippen molar-refractivity contribution in [3.8, 4) is 0 Å². The van der Waals surface area contributed by atoms with Gasteiger partial charge in [-0.05, 0) is 17.7 Å². The molecule has 0 aliphatic rings. The van der Waals surface area contributed by atoms with Crippen molar-refractivity contribution in [3.05, 3.63) is 57.2 Å². The Kier molecular flexibility index (Phi) is 3.82. The number of hydrogen-bond donors (Lipinski definition) is 0. The quantitative estimate of drug-likeness (QED) is 0.829. The lowest BCUT2D eigenvalue weighted by molar-refractivity contribution is 0.0790. The Morgan fingerprint density at radius 2 is 1.94 bits per heavy atom. The number of hydrogen-bond acceptors (Lipinski definition) is 2. The fraction of sp³-hybridized carbons (Fsp3) is 0.154. The van der Waals surface area contributed by atoms with Crippen molar-refractivity contribution in [1.82, 2.24) is 4.90 Å². The number of carbonyl (C=O) groups excluding carboxylic acids is 1. The Labute approximate surface area is 109 Å². The Bertz CT molecular complexity index is 509. The van der Waals surface area contributed by atoms with E-state index in [9.17, 15) is 4.79 Å². The summed E-state index contributed by atoms with van der Waals surface area (Å²) < 4.78 is 0.640. The summed E-state index contributed by atoms with van der Waals surface area (Å²) in [6.45, 7) is 0.606. The molecule has 0 unspecified atom stereocenters. The van der Waals surface area contributed by atoms with Crippen molar-refractivity contribution in [2.24, 2.45) is 0 Å². The lowest BCUT2D eigenvalue weighted by Gasteiger charge is -2.16. The van der Waals surface area contributed by atoms with Crippen LogP contribution in [0.15, 0.2) is 42.5 Å². The summed E-state index contributed by atoms with van der Waals surface area (Å²) in [5.74, 6) is 0.00533. The second kappa shape index (κ2) is 5.34. The predicted molar refractivity (Wildman–Crippen MR) is 71.6 cm³/mol. The Balaban J connectivity index is 2.06. The van der Waals surface area contributed by atoms with Crippen LogP contribution in [-0.2, 0) is 6.54 Å². The van der Waals surface area contributed by atoms with Crippen LogP contribution in [0.2, 0.25) is 4.34 Å². The van der Waals surface area contributed by atoms with Crippen LogP contribution in [0.4, 0.5) is 0 Å². The lowest BCUT2D eigenvalue weighted by Crippen LogP contribution is -2.25. The van der Waals surface area contributed by atoms with E-state index in [0.29, 0.717) is 15.8 Å². The molecule has 1 amide bonds. The number of carbonyl (C=O) groups is 1. The molecular weight excluding hydrogens is 254 g/mol. The zero-order valence-corrected chi connectivity index (χ0v) is 11.0. The van der Waals surface area contributed by atoms with Crippen LogP contribution in [0.3, 0.4) is 0 Å². The smallest absolute Gasteiger partial charge is 0.264 e. The van der Waals surface area contributed by atoms with E-state index in [2.05, 4.69) is 0 Å². The molecule has 0 radical (unpaired) electrons. The van der Waals surface area contributed by atoms with Gasteiger partial charge in [-0.2, -0.15) is 0 Å². The zero-order valence-electron chi connectivity index (χ0n) is 9.39. The van der Waals surface area contributed by atoms with Gasteiger partial charge in [0.1, 0.15) is 0 Å². The van der Waals surface area contributed by atoms with Gasteiger partial charge in [0.15, 0.2) is 0 Å². The van der Waals surface area contributed by atoms with Crippen molar-refractivity contribution >= 4 is 28.8 Å². The fourth-order valence-electron chi connectivity index (χ4n) is 1.55. The molecule has 0 bridgehead atoms. The molecule has 0 saturated carbocycles. The minimum absolute atomic E-state index is 0.00533. The summed E-state index contributed by atoms with van der Waals surface area (Å²) in [5.41, 5.74) is 1.12. The predicted octanol–water partition coefficient (Wildman–Crippen LogP) is 3.67. The molecule has 1 aromatic carbocycles. The second-order valence-electron chi connectivity index (χ2n) is 3.75. The molecule has 1 heterocycles. The molecule has 0 N–H and O–H groups in total. The number of halogens is 1. The molecule has 2 rings (SSSR count). The summed E-state index contributed by atoms with van der Waals surface area (Å²) in [6, 6.07) is 13.4. The van der Waals surface area contributed by atoms with Crippen molar-refractivity contribution < 1.29 is 4.79 Å². The summed E-state index contributed by atoms with van der Waals surface area (Å²) in [5, 5.41) is 0. The van der Waals surface area contributed by atoms with Crippen LogP contribution < -0.4 is 0 Å². The highest BCUT2D eigenvalue weighted by atomic mass is 35.5. The summed E-state index contributed by atoms with van der Waals surface area (Å²) in [6.07, 6.45) is 0. The van der Waals surface area contributed by atoms with E-state index in [1.54, 1.807) is 24.1 Å². The molecule has 4 heteroatoms. The Morgan fingerprint density at radius 3 is 2.53 bits per heavy atom. The van der Waals surface area contributed by atoms with Gasteiger partial charge in [0.2, 0.25) is 0 Å². The van der Waals surface area contributed by atoms with Crippen LogP contribution in [0, 0.1) is 0 Å². The van der Waals surface area contributed by atoms with Crippen molar-refractivity contribution in [3.63, 3.8) is 0 Å². The second-order valence-corrected chi connectivity index (χ2v) is 5.47. The van der Waals surface area contributed by atoms with Crippen molar-refractivity contribution in [2.75, 3.05) is 7.05 Å². The number of thiophene rings is 1. The topological polar surface area (TPSA) is 20.3 Å². The van der Waals surface area contributed by atoms with Crippen LogP contribution in [-0.4, -0.2) is 17.9 Å². The molecule has 0 aliphatic heterocycles. The Morgan fingerprint density at radius 1 is 1.24 bits per heavy atom. The molecule has 0 spiro atoms. The van der Waals surface area contributed by atoms with Gasteiger partial charge in [0.05, 0.1) is 9.21 Å². The monoisotopic (exact) mass is 265 g/mol. The summed E-state index contributed by atoms with van der Waals surface area (Å²) in [4.78, 5) is 14.4. The van der Waals surface area contributed by atoms with Crippen LogP contribution in [0.5, 0.6) is 0 Å². The molecule has 1 aromatic heterocycles. The fourth-order valence-corrected chi connectivity index (χ4v) is 2.58. The van der Waals surface area contributed by atoms with Gasteiger partial charge in [-0.3, -0.25) is 4.79 Å². The highest BCUT2D eigenvalue weighted by Crippen LogP contribution is 2.22. The third-order valence-corrected chi connectivity index (χ3v) is 3.61. The minimum atomic E-state index is 0.00533. The van der Waals surface area contributed by atoms with E-state index in [0.717, 1.165) is 5.56 Å². The van der Waals surface area contributed by atoms with E-state index in [4.69, 9.17) is 11.6 Å². The highest BCUT2D eigenvalue weighted by molar-refractivity contribution is 7.17. The van der Waals surface area contributed by atoms with E-state index in [1.165, 1.54) is 11.3 Å². The van der Waals surface area contributed by atoms with E-state index < -0.39 is 0 Å². The number of benzene rings is 1. The first-order valence-electron chi connectivity index (χ1n) is 5.21. The molecule has 0 atom stereocenters. The maximum atomic E-state index is 12.0. The number of rotatable bonds is 3. The lowest BCUT2D eigenvalue weighted by atomic mass is 10.2. The van der Waals surface area contributed by atoms with E-state index in [-0.39, 0.29) is 5.91 Å². The summed E-state index contributed by atoms with van der Waals surface area (Å²) >= 11 is 7.13. The number of amides is 1. The first-order chi connectivity index (χ1) is 8.16. The van der Waals surface area contributed by atoms with Gasteiger partial charge in [-0.25, -0.2) is 0 Å². The third-order valence-electron chi connectivity index (χ3n) is 2.39. The van der Waals surface area contributed by atoms with Crippen LogP contribution in [0.1, 0.15) is 15.2 Å². The maximum absolute atomic E-state index is 12.0. The standard InChI is InChI=1S/C13H12ClNOS/c1-15(9-10-5-3-2-4-6-10)13(16)11-7-8-12(14)17-11/h2-8H,9H2,1H3. The average Bonchev–Trinajstić information content (AvgIpc) is 2.76. The van der Waals surface area contributed by atoms with Gasteiger partial charge in [-0.15, -0.1) is 11.3 Å². The molecule has 88 valence electrons. The zero-order chi connectivity index (χ0) is 12.3. The maximum Gasteiger partial charge on any atom is 0.264 e. The van der Waals surface area contributed by atoms with Gasteiger partial charge >= 0.3 is 0 Å². The minimum Gasteiger partial charge on any atom is -0.337 e. The molecule has 0 fully saturated rings. The van der Waals surface area contributed by atoms with E-state index >= 15 is 0 Å². The van der Waals surface area contributed by atoms with Crippen molar-refractivity contribution in [1.29, 1.82) is 0 Å². The van der Waals surface area contributed by atoms with Crippen LogP contribution in [0.25, 0.3) is 0 Å². The molecule has 0 saturated heterocycles. The molecule has 2 nitrogen and oxygen atoms in total. The van der Waals surface area contributed by atoms with Gasteiger partial charge in [0, 0.05) is 13.6 Å². The molecule has 2 aromatic rings. The largest absolute Gasteiger partial charge is 0.337 e. The number of nitrogens with zero attached hydrogens (tertiary/aromatic N) is 1. The van der Waals surface area contributed by atoms with Crippen molar-refractivity contribution in [2.45, 2.75) is 6.54 Å². The third kappa shape index (κ3) is 3.08. The van der Waals surface area contributed by atoms with Crippen LogP contribution >= 0.6 is 22.9 Å². The first kappa shape index (κ1) is 12.1. The summed E-state index contributed by atoms with van der Waals surface area (Å²) in [7, 11) is 1.79. The van der Waals surface area contributed by atoms with Gasteiger partial charge < -0.3 is 4.90 Å². The molecule has 0 aliphatic carbocycles. The molecule has 17 heavy (non-hydrogen) atoms. The van der Waals surface area contributed by atoms with Gasteiger partial charge in [-0.1, -0.05) is 41.9 Å². The first-order valence-corrected chi connectivity index (χ1v) is 6.41. The highest BCUT2D eigenvalue weighted by Gasteiger charge is 2.13.